The van der Waals surface area contributed by atoms with E-state index < -0.39 is 48.2 Å². The molecule has 3 saturated heterocycles. The maximum atomic E-state index is 11.2. The van der Waals surface area contributed by atoms with Crippen LogP contribution in [0, 0.1) is 11.8 Å². The van der Waals surface area contributed by atoms with E-state index in [0.29, 0.717) is 0 Å². The topological polar surface area (TPSA) is 97.4 Å². The molecular weight excluding hydrogens is 192 g/mol. The quantitative estimate of drug-likeness (QED) is 0.263. The van der Waals surface area contributed by atoms with Gasteiger partial charge >= 0.3 is 11.9 Å². The van der Waals surface area contributed by atoms with E-state index in [0.717, 1.165) is 0 Å². The Labute approximate surface area is 78.4 Å². The molecule has 6 unspecified atom stereocenters. The number of hydrogen-bond donors (Lipinski definition) is 2. The second kappa shape index (κ2) is 2.33. The summed E-state index contributed by atoms with van der Waals surface area (Å²) in [4.78, 5) is 20.5. The van der Waals surface area contributed by atoms with E-state index in [1.165, 1.54) is 0 Å². The minimum atomic E-state index is -1.07. The summed E-state index contributed by atoms with van der Waals surface area (Å²) in [6, 6.07) is 0. The highest BCUT2D eigenvalue weighted by atomic mass is 16.6. The summed E-state index contributed by atoms with van der Waals surface area (Å²) in [6.07, 6.45) is -3.61. The monoisotopic (exact) mass is 201 g/mol. The number of fused-ring (bicyclic) bond motifs is 5. The van der Waals surface area contributed by atoms with Gasteiger partial charge in [0.05, 0.1) is 0 Å². The first kappa shape index (κ1) is 8.34. The Balaban J connectivity index is 2.01. The van der Waals surface area contributed by atoms with Crippen LogP contribution >= 0.6 is 0 Å². The van der Waals surface area contributed by atoms with Crippen LogP contribution in [0.15, 0.2) is 0 Å². The average molecular weight is 201 g/mol. The molecule has 0 spiro atoms. The molecule has 3 aliphatic rings. The first-order valence-corrected chi connectivity index (χ1v) is 4.40. The number of hydrogen-bond acceptors (Lipinski definition) is 5. The second-order valence-corrected chi connectivity index (χ2v) is 3.86. The van der Waals surface area contributed by atoms with Gasteiger partial charge in [-0.25, -0.2) is 9.53 Å². The summed E-state index contributed by atoms with van der Waals surface area (Å²) in [7, 11) is 0. The first-order valence-electron chi connectivity index (χ1n) is 4.40. The molecule has 0 amide bonds. The molecule has 0 radical (unpaired) electrons. The van der Waals surface area contributed by atoms with Crippen LogP contribution in [0.25, 0.3) is 0 Å². The molecule has 6 nitrogen and oxygen atoms in total. The third kappa shape index (κ3) is 0.727. The lowest BCUT2D eigenvalue weighted by Crippen LogP contribution is -2.47. The third-order valence-corrected chi connectivity index (χ3v) is 3.19. The van der Waals surface area contributed by atoms with Crippen LogP contribution in [0.5, 0.6) is 0 Å². The number of aliphatic hydroxyl groups excluding tert-OH is 2. The Morgan fingerprint density at radius 3 is 2.36 bits per heavy atom. The third-order valence-electron chi connectivity index (χ3n) is 3.19. The molecule has 0 aromatic heterocycles. The number of esters is 2. The van der Waals surface area contributed by atoms with E-state index in [4.69, 9.17) is 4.74 Å². The van der Waals surface area contributed by atoms with Gasteiger partial charge in [0, 0.05) is 0 Å². The van der Waals surface area contributed by atoms with Gasteiger partial charge in [0.2, 0.25) is 0 Å². The largest absolute Gasteiger partial charge is 0.498 e. The molecular formula is C8H9O6+. The second-order valence-electron chi connectivity index (χ2n) is 3.86. The van der Waals surface area contributed by atoms with Crippen LogP contribution < -0.4 is 0 Å². The highest BCUT2D eigenvalue weighted by Gasteiger charge is 2.72. The van der Waals surface area contributed by atoms with Gasteiger partial charge in [0.25, 0.3) is 0 Å². The molecule has 0 aromatic carbocycles. The lowest BCUT2D eigenvalue weighted by atomic mass is 9.78. The van der Waals surface area contributed by atoms with Crippen molar-refractivity contribution < 1.29 is 29.3 Å². The average Bonchev–Trinajstić information content (AvgIpc) is 2.71. The minimum Gasteiger partial charge on any atom is -0.388 e. The fourth-order valence-electron chi connectivity index (χ4n) is 2.55. The SMILES string of the molecule is O=C1OC(=[OH+])C2C3OC(C(O)C3O)C12. The highest BCUT2D eigenvalue weighted by Crippen LogP contribution is 2.47. The molecule has 3 N–H and O–H groups in total. The van der Waals surface area contributed by atoms with Gasteiger partial charge in [-0.3, -0.25) is 0 Å². The Morgan fingerprint density at radius 2 is 1.71 bits per heavy atom. The number of ether oxygens (including phenoxy) is 2. The zero-order valence-electron chi connectivity index (χ0n) is 7.03. The van der Waals surface area contributed by atoms with E-state index in [2.05, 4.69) is 4.74 Å². The molecule has 14 heavy (non-hydrogen) atoms. The number of aliphatic hydroxyl groups is 2. The highest BCUT2D eigenvalue weighted by molar-refractivity contribution is 5.98. The maximum absolute atomic E-state index is 11.2. The molecule has 3 rings (SSSR count). The van der Waals surface area contributed by atoms with Gasteiger partial charge in [-0.15, -0.1) is 0 Å². The fraction of sp³-hybridized carbons (Fsp3) is 0.750. The normalized spacial score (nSPS) is 55.0. The Hall–Kier alpha value is -0.980. The Morgan fingerprint density at radius 1 is 1.14 bits per heavy atom. The van der Waals surface area contributed by atoms with E-state index in [1.807, 2.05) is 0 Å². The molecule has 3 fully saturated rings. The fourth-order valence-corrected chi connectivity index (χ4v) is 2.55. The Bertz CT molecular complexity index is 296. The number of rotatable bonds is 0. The van der Waals surface area contributed by atoms with Crippen molar-refractivity contribution in [2.75, 3.05) is 0 Å². The molecule has 0 aliphatic carbocycles. The van der Waals surface area contributed by atoms with Crippen molar-refractivity contribution in [2.24, 2.45) is 11.8 Å². The van der Waals surface area contributed by atoms with E-state index in [-0.39, 0.29) is 0 Å². The van der Waals surface area contributed by atoms with Crippen molar-refractivity contribution >= 4 is 11.9 Å². The summed E-state index contributed by atoms with van der Waals surface area (Å²) < 4.78 is 9.76. The molecule has 0 aromatic rings. The molecule has 0 saturated carbocycles. The van der Waals surface area contributed by atoms with Crippen molar-refractivity contribution in [3.8, 4) is 0 Å². The zero-order valence-corrected chi connectivity index (χ0v) is 7.03. The van der Waals surface area contributed by atoms with Gasteiger partial charge in [-0.05, 0) is 0 Å². The molecule has 6 atom stereocenters. The van der Waals surface area contributed by atoms with Crippen molar-refractivity contribution in [2.45, 2.75) is 24.4 Å². The number of carbonyl (C=O) groups is 1. The lowest BCUT2D eigenvalue weighted by Gasteiger charge is -2.22. The van der Waals surface area contributed by atoms with Crippen LogP contribution in [0.2, 0.25) is 0 Å². The summed E-state index contributed by atoms with van der Waals surface area (Å²) in [5, 5.41) is 18.9. The summed E-state index contributed by atoms with van der Waals surface area (Å²) in [5.41, 5.74) is 0. The smallest absolute Gasteiger partial charge is 0.388 e. The van der Waals surface area contributed by atoms with Gasteiger partial charge in [-0.2, -0.15) is 0 Å². The van der Waals surface area contributed by atoms with Crippen LogP contribution in [-0.2, 0) is 14.3 Å². The summed E-state index contributed by atoms with van der Waals surface area (Å²) >= 11 is 0. The van der Waals surface area contributed by atoms with Crippen LogP contribution in [-0.4, -0.2) is 51.4 Å². The summed E-state index contributed by atoms with van der Waals surface area (Å²) in [6.45, 7) is 0. The maximum Gasteiger partial charge on any atom is 0.498 e. The zero-order chi connectivity index (χ0) is 10.0. The first-order chi connectivity index (χ1) is 6.61. The van der Waals surface area contributed by atoms with E-state index >= 15 is 0 Å². The number of cyclic esters (lactones) is 2. The van der Waals surface area contributed by atoms with Gasteiger partial charge in [-0.1, -0.05) is 0 Å². The minimum absolute atomic E-state index is 0.404. The lowest BCUT2D eigenvalue weighted by molar-refractivity contribution is -0.141. The van der Waals surface area contributed by atoms with Crippen molar-refractivity contribution in [3.63, 3.8) is 0 Å². The van der Waals surface area contributed by atoms with Gasteiger partial charge in [0.1, 0.15) is 30.3 Å². The van der Waals surface area contributed by atoms with E-state index in [1.54, 1.807) is 0 Å². The predicted molar refractivity (Wildman–Crippen MR) is 40.7 cm³/mol. The van der Waals surface area contributed by atoms with Gasteiger partial charge < -0.3 is 19.7 Å². The van der Waals surface area contributed by atoms with Crippen molar-refractivity contribution in [3.05, 3.63) is 0 Å². The van der Waals surface area contributed by atoms with Crippen LogP contribution in [0.3, 0.4) is 0 Å². The standard InChI is InChI=1S/C8H8O6/c9-3-4(10)6-2-1(5(3)13-6)7(11)14-8(2)12/h1-6,9-10H/p+1. The predicted octanol–water partition coefficient (Wildman–Crippen LogP) is -2.22. The molecule has 76 valence electrons. The van der Waals surface area contributed by atoms with Crippen LogP contribution in [0.4, 0.5) is 0 Å². The molecule has 2 bridgehead atoms. The summed E-state index contributed by atoms with van der Waals surface area (Å²) in [5.74, 6) is -2.28. The molecule has 3 heterocycles. The molecule has 3 aliphatic heterocycles. The van der Waals surface area contributed by atoms with Gasteiger partial charge in [0.15, 0.2) is 5.92 Å². The van der Waals surface area contributed by atoms with Crippen molar-refractivity contribution in [1.29, 1.82) is 0 Å². The van der Waals surface area contributed by atoms with E-state index in [9.17, 15) is 19.8 Å². The molecule has 6 heteroatoms. The Kier molecular flexibility index (Phi) is 1.39. The van der Waals surface area contributed by atoms with Crippen molar-refractivity contribution in [1.82, 2.24) is 0 Å². The van der Waals surface area contributed by atoms with Crippen LogP contribution in [0.1, 0.15) is 0 Å². The number of carbonyl (C=O) groups excluding carboxylic acids is 2.